The molecule has 3 heteroatoms. The summed E-state index contributed by atoms with van der Waals surface area (Å²) in [6.45, 7) is 5.16. The monoisotopic (exact) mass is 285 g/mol. The minimum atomic E-state index is -0.219. The van der Waals surface area contributed by atoms with Gasteiger partial charge in [0.15, 0.2) is 0 Å². The molecule has 0 saturated heterocycles. The van der Waals surface area contributed by atoms with E-state index < -0.39 is 0 Å². The van der Waals surface area contributed by atoms with E-state index in [1.165, 1.54) is 17.7 Å². The molecule has 0 unspecified atom stereocenters. The zero-order chi connectivity index (χ0) is 12.1. The molecule has 1 nitrogen and oxygen atoms in total. The summed E-state index contributed by atoms with van der Waals surface area (Å²) < 4.78 is 13.7. The Morgan fingerprint density at radius 1 is 1.50 bits per heavy atom. The van der Waals surface area contributed by atoms with Gasteiger partial charge in [-0.3, -0.25) is 0 Å². The fourth-order valence-electron chi connectivity index (χ4n) is 1.44. The van der Waals surface area contributed by atoms with E-state index in [-0.39, 0.29) is 5.82 Å². The Kier molecular flexibility index (Phi) is 5.16. The molecule has 1 aromatic carbocycles. The lowest BCUT2D eigenvalue weighted by Crippen LogP contribution is -2.13. The van der Waals surface area contributed by atoms with Crippen LogP contribution in [0.3, 0.4) is 0 Å². The number of rotatable bonds is 4. The topological polar surface area (TPSA) is 12.0 Å². The van der Waals surface area contributed by atoms with Crippen molar-refractivity contribution >= 4 is 22.0 Å². The van der Waals surface area contributed by atoms with Gasteiger partial charge in [0.05, 0.1) is 0 Å². The molecule has 1 aromatic rings. The number of hydrogen-bond acceptors (Lipinski definition) is 1. The van der Waals surface area contributed by atoms with Crippen LogP contribution < -0.4 is 5.32 Å². The molecule has 0 aromatic heterocycles. The van der Waals surface area contributed by atoms with E-state index in [4.69, 9.17) is 0 Å². The van der Waals surface area contributed by atoms with Crippen molar-refractivity contribution < 1.29 is 4.39 Å². The summed E-state index contributed by atoms with van der Waals surface area (Å²) >= 11 is 3.37. The molecule has 88 valence electrons. The fraction of sp³-hybridized carbons (Fsp3) is 0.385. The molecule has 0 aliphatic heterocycles. The van der Waals surface area contributed by atoms with Crippen LogP contribution in [0.1, 0.15) is 19.4 Å². The molecular weight excluding hydrogens is 269 g/mol. The Balaban J connectivity index is 3.02. The lowest BCUT2D eigenvalue weighted by Gasteiger charge is -2.11. The van der Waals surface area contributed by atoms with Crippen LogP contribution in [-0.2, 0) is 0 Å². The molecule has 0 bridgehead atoms. The largest absolute Gasteiger partial charge is 0.316 e. The average Bonchev–Trinajstić information content (AvgIpc) is 2.20. The number of benzene rings is 1. The molecular formula is C13H17BrFN. The van der Waals surface area contributed by atoms with Crippen LogP contribution in [0, 0.1) is 11.7 Å². The highest BCUT2D eigenvalue weighted by Gasteiger charge is 2.04. The Morgan fingerprint density at radius 2 is 2.19 bits per heavy atom. The molecule has 0 saturated carbocycles. The molecule has 16 heavy (non-hydrogen) atoms. The van der Waals surface area contributed by atoms with Crippen molar-refractivity contribution in [3.8, 4) is 0 Å². The molecule has 0 aliphatic carbocycles. The summed E-state index contributed by atoms with van der Waals surface area (Å²) in [6, 6.07) is 4.76. The summed E-state index contributed by atoms with van der Waals surface area (Å²) in [5.74, 6) is 0.258. The second-order valence-corrected chi connectivity index (χ2v) is 4.92. The molecule has 0 atom stereocenters. The van der Waals surface area contributed by atoms with Crippen LogP contribution in [-0.4, -0.2) is 13.6 Å². The Morgan fingerprint density at radius 3 is 2.69 bits per heavy atom. The highest BCUT2D eigenvalue weighted by Crippen LogP contribution is 2.22. The van der Waals surface area contributed by atoms with Gasteiger partial charge in [0.1, 0.15) is 5.82 Å². The van der Waals surface area contributed by atoms with E-state index in [9.17, 15) is 4.39 Å². The van der Waals surface area contributed by atoms with Gasteiger partial charge in [0.2, 0.25) is 0 Å². The smallest absolute Gasteiger partial charge is 0.124 e. The van der Waals surface area contributed by atoms with Gasteiger partial charge in [-0.15, -0.1) is 0 Å². The molecule has 0 fully saturated rings. The van der Waals surface area contributed by atoms with Crippen molar-refractivity contribution in [2.45, 2.75) is 13.8 Å². The van der Waals surface area contributed by atoms with Crippen molar-refractivity contribution in [1.29, 1.82) is 0 Å². The highest BCUT2D eigenvalue weighted by molar-refractivity contribution is 9.10. The second-order valence-electron chi connectivity index (χ2n) is 4.07. The first-order chi connectivity index (χ1) is 7.54. The van der Waals surface area contributed by atoms with E-state index in [0.29, 0.717) is 5.92 Å². The van der Waals surface area contributed by atoms with Gasteiger partial charge in [-0.05, 0) is 30.7 Å². The molecule has 0 heterocycles. The fourth-order valence-corrected chi connectivity index (χ4v) is 1.91. The summed E-state index contributed by atoms with van der Waals surface area (Å²) in [7, 11) is 1.93. The minimum Gasteiger partial charge on any atom is -0.316 e. The first kappa shape index (κ1) is 13.4. The number of halogens is 2. The summed E-state index contributed by atoms with van der Waals surface area (Å²) in [4.78, 5) is 0. The minimum absolute atomic E-state index is 0.219. The first-order valence-electron chi connectivity index (χ1n) is 5.34. The van der Waals surface area contributed by atoms with Gasteiger partial charge < -0.3 is 5.32 Å². The maximum atomic E-state index is 12.9. The highest BCUT2D eigenvalue weighted by atomic mass is 79.9. The summed E-state index contributed by atoms with van der Waals surface area (Å²) in [5, 5.41) is 3.14. The molecule has 0 aliphatic rings. The van der Waals surface area contributed by atoms with Crippen molar-refractivity contribution in [1.82, 2.24) is 5.32 Å². The van der Waals surface area contributed by atoms with Gasteiger partial charge in [0.25, 0.3) is 0 Å². The predicted molar refractivity (Wildman–Crippen MR) is 70.8 cm³/mol. The summed E-state index contributed by atoms with van der Waals surface area (Å²) in [5.41, 5.74) is 2.31. The number of hydrogen-bond donors (Lipinski definition) is 1. The Labute approximate surface area is 105 Å². The predicted octanol–water partition coefficient (Wildman–Crippen LogP) is 3.85. The van der Waals surface area contributed by atoms with Crippen LogP contribution in [0.15, 0.2) is 28.2 Å². The molecule has 1 N–H and O–H groups in total. The number of nitrogens with one attached hydrogen (secondary N) is 1. The molecule has 0 spiro atoms. The third-order valence-corrected chi connectivity index (χ3v) is 3.11. The average molecular weight is 286 g/mol. The normalized spacial score (nSPS) is 12.2. The van der Waals surface area contributed by atoms with Crippen molar-refractivity contribution in [3.63, 3.8) is 0 Å². The van der Waals surface area contributed by atoms with Crippen LogP contribution in [0.5, 0.6) is 0 Å². The van der Waals surface area contributed by atoms with E-state index in [2.05, 4.69) is 41.2 Å². The van der Waals surface area contributed by atoms with E-state index in [1.807, 2.05) is 7.05 Å². The van der Waals surface area contributed by atoms with Crippen molar-refractivity contribution in [3.05, 3.63) is 39.6 Å². The number of likely N-dealkylation sites (N-methyl/N-ethyl adjacent to an activating group) is 1. The maximum Gasteiger partial charge on any atom is 0.124 e. The van der Waals surface area contributed by atoms with Gasteiger partial charge >= 0.3 is 0 Å². The quantitative estimate of drug-likeness (QED) is 0.886. The third kappa shape index (κ3) is 3.72. The lowest BCUT2D eigenvalue weighted by atomic mass is 10.0. The van der Waals surface area contributed by atoms with Gasteiger partial charge in [-0.2, -0.15) is 0 Å². The Hall–Kier alpha value is -0.670. The van der Waals surface area contributed by atoms with Gasteiger partial charge in [0, 0.05) is 11.0 Å². The summed E-state index contributed by atoms with van der Waals surface area (Å²) in [6.07, 6.45) is 2.10. The van der Waals surface area contributed by atoms with Crippen LogP contribution in [0.2, 0.25) is 0 Å². The third-order valence-electron chi connectivity index (χ3n) is 2.43. The van der Waals surface area contributed by atoms with E-state index >= 15 is 0 Å². The van der Waals surface area contributed by atoms with Gasteiger partial charge in [-0.25, -0.2) is 4.39 Å². The lowest BCUT2D eigenvalue weighted by molar-refractivity contribution is 0.627. The maximum absolute atomic E-state index is 12.9. The molecule has 1 rings (SSSR count). The zero-order valence-corrected chi connectivity index (χ0v) is 11.4. The van der Waals surface area contributed by atoms with Gasteiger partial charge in [-0.1, -0.05) is 47.5 Å². The zero-order valence-electron chi connectivity index (χ0n) is 9.85. The first-order valence-corrected chi connectivity index (χ1v) is 6.14. The Bertz CT molecular complexity index is 386. The van der Waals surface area contributed by atoms with Crippen molar-refractivity contribution in [2.75, 3.05) is 13.6 Å². The van der Waals surface area contributed by atoms with E-state index in [0.717, 1.165) is 16.6 Å². The van der Waals surface area contributed by atoms with E-state index in [1.54, 1.807) is 6.07 Å². The molecule has 0 radical (unpaired) electrons. The second kappa shape index (κ2) is 6.16. The van der Waals surface area contributed by atoms with Crippen LogP contribution in [0.25, 0.3) is 6.08 Å². The van der Waals surface area contributed by atoms with Crippen molar-refractivity contribution in [2.24, 2.45) is 5.92 Å². The van der Waals surface area contributed by atoms with Crippen LogP contribution >= 0.6 is 15.9 Å². The SMILES string of the molecule is CNC/C(=C/c1ccc(F)cc1Br)C(C)C. The molecule has 0 amide bonds. The standard InChI is InChI=1S/C13H17BrFN/c1-9(2)11(8-16-3)6-10-4-5-12(15)7-13(10)14/h4-7,9,16H,8H2,1-3H3/b11-6-. The van der Waals surface area contributed by atoms with Crippen LogP contribution in [0.4, 0.5) is 4.39 Å².